The SMILES string of the molecule is CCCCCCCCCCCCCCCCCCCCCCOCC(COP(=O)(O)OCCN)OC(=O)CCCCCCCCCCCCCCCCCC. The highest BCUT2D eigenvalue weighted by Gasteiger charge is 2.25. The maximum Gasteiger partial charge on any atom is 0.472 e. The lowest BCUT2D eigenvalue weighted by Crippen LogP contribution is -2.28. The molecule has 2 unspecified atom stereocenters. The molecule has 55 heavy (non-hydrogen) atoms. The number of carbonyl (C=O) groups is 1. The highest BCUT2D eigenvalue weighted by Crippen LogP contribution is 2.43. The zero-order valence-corrected chi connectivity index (χ0v) is 37.6. The fraction of sp³-hybridized carbons (Fsp3) is 0.978. The first-order valence-electron chi connectivity index (χ1n) is 24.0. The van der Waals surface area contributed by atoms with Crippen molar-refractivity contribution >= 4 is 13.8 Å². The Morgan fingerprint density at radius 1 is 0.473 bits per heavy atom. The van der Waals surface area contributed by atoms with Crippen molar-refractivity contribution in [2.75, 3.05) is 33.0 Å². The molecule has 0 rings (SSSR count). The molecule has 0 radical (unpaired) electrons. The molecule has 0 aromatic rings. The van der Waals surface area contributed by atoms with Crippen LogP contribution < -0.4 is 5.73 Å². The molecule has 0 aromatic heterocycles. The van der Waals surface area contributed by atoms with Crippen molar-refractivity contribution in [2.45, 2.75) is 258 Å². The number of nitrogens with two attached hydrogens (primary N) is 1. The van der Waals surface area contributed by atoms with Gasteiger partial charge < -0.3 is 20.1 Å². The standard InChI is InChI=1S/C46H94NO7P/c1-3-5-7-9-11-13-15-17-19-21-22-23-24-26-28-30-32-34-36-38-41-51-43-45(44-53-55(49,50)52-42-40-47)54-46(48)39-37-35-33-31-29-27-25-20-18-16-14-12-10-8-6-4-2/h45H,3-44,47H2,1-2H3,(H,49,50). The number of hydrogen-bond donors (Lipinski definition) is 2. The molecule has 0 aliphatic heterocycles. The second-order valence-corrected chi connectivity index (χ2v) is 17.8. The molecular weight excluding hydrogens is 709 g/mol. The van der Waals surface area contributed by atoms with Crippen LogP contribution in [0.3, 0.4) is 0 Å². The Bertz CT molecular complexity index is 817. The summed E-state index contributed by atoms with van der Waals surface area (Å²) < 4.78 is 33.5. The van der Waals surface area contributed by atoms with Crippen molar-refractivity contribution < 1.29 is 32.8 Å². The van der Waals surface area contributed by atoms with Crippen LogP contribution in [0.2, 0.25) is 0 Å². The van der Waals surface area contributed by atoms with Crippen LogP contribution in [0.25, 0.3) is 0 Å². The molecule has 0 aliphatic carbocycles. The minimum atomic E-state index is -4.27. The van der Waals surface area contributed by atoms with Crippen LogP contribution >= 0.6 is 7.82 Å². The second kappa shape index (κ2) is 44.6. The van der Waals surface area contributed by atoms with Gasteiger partial charge in [-0.05, 0) is 12.8 Å². The number of carbonyl (C=O) groups excluding carboxylic acids is 1. The first-order chi connectivity index (χ1) is 26.9. The van der Waals surface area contributed by atoms with Gasteiger partial charge in [0.05, 0.1) is 19.8 Å². The maximum atomic E-state index is 12.6. The van der Waals surface area contributed by atoms with E-state index in [1.807, 2.05) is 0 Å². The lowest BCUT2D eigenvalue weighted by atomic mass is 10.0. The third-order valence-electron chi connectivity index (χ3n) is 10.8. The van der Waals surface area contributed by atoms with Crippen LogP contribution in [-0.4, -0.2) is 49.9 Å². The van der Waals surface area contributed by atoms with Gasteiger partial charge in [-0.1, -0.05) is 232 Å². The molecule has 0 saturated heterocycles. The smallest absolute Gasteiger partial charge is 0.457 e. The monoisotopic (exact) mass is 804 g/mol. The second-order valence-electron chi connectivity index (χ2n) is 16.3. The van der Waals surface area contributed by atoms with Crippen molar-refractivity contribution in [3.05, 3.63) is 0 Å². The first kappa shape index (κ1) is 54.5. The average Bonchev–Trinajstić information content (AvgIpc) is 3.17. The third kappa shape index (κ3) is 44.4. The molecule has 0 amide bonds. The largest absolute Gasteiger partial charge is 0.472 e. The van der Waals surface area contributed by atoms with Gasteiger partial charge in [0.1, 0.15) is 6.10 Å². The zero-order valence-electron chi connectivity index (χ0n) is 36.7. The number of phosphoric ester groups is 1. The Hall–Kier alpha value is -0.500. The molecule has 8 nitrogen and oxygen atoms in total. The zero-order chi connectivity index (χ0) is 40.2. The minimum Gasteiger partial charge on any atom is -0.457 e. The number of hydrogen-bond acceptors (Lipinski definition) is 7. The number of ether oxygens (including phenoxy) is 2. The van der Waals surface area contributed by atoms with Crippen LogP contribution in [0.4, 0.5) is 0 Å². The van der Waals surface area contributed by atoms with Gasteiger partial charge in [-0.25, -0.2) is 4.57 Å². The van der Waals surface area contributed by atoms with Crippen LogP contribution in [-0.2, 0) is 27.9 Å². The van der Waals surface area contributed by atoms with E-state index in [-0.39, 0.29) is 32.3 Å². The molecule has 0 fully saturated rings. The van der Waals surface area contributed by atoms with Crippen molar-refractivity contribution in [2.24, 2.45) is 5.73 Å². The van der Waals surface area contributed by atoms with Gasteiger partial charge in [0, 0.05) is 19.6 Å². The van der Waals surface area contributed by atoms with Crippen molar-refractivity contribution in [3.8, 4) is 0 Å². The van der Waals surface area contributed by atoms with Gasteiger partial charge in [-0.3, -0.25) is 13.8 Å². The average molecular weight is 804 g/mol. The van der Waals surface area contributed by atoms with Crippen molar-refractivity contribution in [3.63, 3.8) is 0 Å². The summed E-state index contributed by atoms with van der Waals surface area (Å²) in [6.07, 6.45) is 47.0. The molecular formula is C46H94NO7P. The number of unbranched alkanes of at least 4 members (excludes halogenated alkanes) is 34. The summed E-state index contributed by atoms with van der Waals surface area (Å²) in [6, 6.07) is 0. The molecule has 0 aliphatic rings. The third-order valence-corrected chi connectivity index (χ3v) is 11.8. The summed E-state index contributed by atoms with van der Waals surface area (Å²) in [5, 5.41) is 0. The maximum absolute atomic E-state index is 12.6. The number of phosphoric acid groups is 1. The Labute approximate surface area is 341 Å². The van der Waals surface area contributed by atoms with E-state index in [1.54, 1.807) is 0 Å². The van der Waals surface area contributed by atoms with Crippen LogP contribution in [0.1, 0.15) is 251 Å². The highest BCUT2D eigenvalue weighted by atomic mass is 31.2. The van der Waals surface area contributed by atoms with Crippen molar-refractivity contribution in [1.29, 1.82) is 0 Å². The van der Waals surface area contributed by atoms with Crippen LogP contribution in [0, 0.1) is 0 Å². The molecule has 0 spiro atoms. The van der Waals surface area contributed by atoms with Gasteiger partial charge in [0.2, 0.25) is 0 Å². The summed E-state index contributed by atoms with van der Waals surface area (Å²) >= 11 is 0. The van der Waals surface area contributed by atoms with E-state index in [4.69, 9.17) is 24.3 Å². The summed E-state index contributed by atoms with van der Waals surface area (Å²) in [7, 11) is -4.27. The van der Waals surface area contributed by atoms with E-state index in [0.717, 1.165) is 32.1 Å². The number of esters is 1. The molecule has 0 heterocycles. The Balaban J connectivity index is 3.90. The van der Waals surface area contributed by atoms with Gasteiger partial charge in [0.25, 0.3) is 0 Å². The van der Waals surface area contributed by atoms with Crippen LogP contribution in [0.5, 0.6) is 0 Å². The fourth-order valence-electron chi connectivity index (χ4n) is 7.24. The molecule has 2 atom stereocenters. The number of rotatable bonds is 47. The first-order valence-corrected chi connectivity index (χ1v) is 25.5. The Morgan fingerprint density at radius 3 is 1.15 bits per heavy atom. The van der Waals surface area contributed by atoms with E-state index in [9.17, 15) is 14.3 Å². The summed E-state index contributed by atoms with van der Waals surface area (Å²) in [6.45, 7) is 5.00. The lowest BCUT2D eigenvalue weighted by molar-refractivity contribution is -0.154. The Morgan fingerprint density at radius 2 is 0.800 bits per heavy atom. The van der Waals surface area contributed by atoms with E-state index in [1.165, 1.54) is 199 Å². The summed E-state index contributed by atoms with van der Waals surface area (Å²) in [5.74, 6) is -0.322. The van der Waals surface area contributed by atoms with Crippen LogP contribution in [0.15, 0.2) is 0 Å². The van der Waals surface area contributed by atoms with Gasteiger partial charge >= 0.3 is 13.8 Å². The molecule has 0 saturated carbocycles. The quantitative estimate of drug-likeness (QED) is 0.0355. The van der Waals surface area contributed by atoms with Gasteiger partial charge in [-0.15, -0.1) is 0 Å². The fourth-order valence-corrected chi connectivity index (χ4v) is 8.00. The predicted octanol–water partition coefficient (Wildman–Crippen LogP) is 14.5. The van der Waals surface area contributed by atoms with Gasteiger partial charge in [-0.2, -0.15) is 0 Å². The molecule has 330 valence electrons. The van der Waals surface area contributed by atoms with E-state index < -0.39 is 13.9 Å². The minimum absolute atomic E-state index is 0.0899. The molecule has 3 N–H and O–H groups in total. The molecule has 0 aromatic carbocycles. The topological polar surface area (TPSA) is 117 Å². The lowest BCUT2D eigenvalue weighted by Gasteiger charge is -2.20. The summed E-state index contributed by atoms with van der Waals surface area (Å²) in [5.41, 5.74) is 5.38. The van der Waals surface area contributed by atoms with Gasteiger partial charge in [0.15, 0.2) is 0 Å². The highest BCUT2D eigenvalue weighted by molar-refractivity contribution is 7.47. The summed E-state index contributed by atoms with van der Waals surface area (Å²) in [4.78, 5) is 22.5. The normalized spacial score (nSPS) is 13.3. The Kier molecular flexibility index (Phi) is 44.2. The molecule has 9 heteroatoms. The van der Waals surface area contributed by atoms with E-state index in [0.29, 0.717) is 13.0 Å². The van der Waals surface area contributed by atoms with E-state index in [2.05, 4.69) is 13.8 Å². The predicted molar refractivity (Wildman–Crippen MR) is 234 cm³/mol. The van der Waals surface area contributed by atoms with E-state index >= 15 is 0 Å². The molecule has 0 bridgehead atoms. The van der Waals surface area contributed by atoms with Crippen molar-refractivity contribution in [1.82, 2.24) is 0 Å².